The summed E-state index contributed by atoms with van der Waals surface area (Å²) in [7, 11) is 0. The predicted octanol–water partition coefficient (Wildman–Crippen LogP) is 4.02. The van der Waals surface area contributed by atoms with E-state index in [0.717, 1.165) is 9.15 Å². The van der Waals surface area contributed by atoms with Gasteiger partial charge in [-0.25, -0.2) is 0 Å². The molecule has 136 valence electrons. The Balaban J connectivity index is 2.10. The fourth-order valence-corrected chi connectivity index (χ4v) is 2.79. The number of hydrogen-bond acceptors (Lipinski definition) is 6. The molecule has 0 aliphatic heterocycles. The molecule has 0 radical (unpaired) electrons. The second-order valence-electron chi connectivity index (χ2n) is 5.30. The number of aromatic amines is 1. The Kier molecular flexibility index (Phi) is 5.23. The molecule has 0 saturated carbocycles. The number of benzene rings is 2. The molecule has 1 aromatic heterocycles. The number of H-pyrrole nitrogens is 1. The number of nitrogens with two attached hydrogens (primary N) is 1. The summed E-state index contributed by atoms with van der Waals surface area (Å²) in [6.07, 6.45) is 0. The van der Waals surface area contributed by atoms with Crippen molar-refractivity contribution in [3.8, 4) is 11.3 Å². The quantitative estimate of drug-likeness (QED) is 0.270. The van der Waals surface area contributed by atoms with Crippen molar-refractivity contribution in [2.75, 3.05) is 0 Å². The molecule has 0 unspecified atom stereocenters. The van der Waals surface area contributed by atoms with E-state index in [4.69, 9.17) is 18.0 Å². The highest BCUT2D eigenvalue weighted by Gasteiger charge is 2.18. The lowest BCUT2D eigenvalue weighted by molar-refractivity contribution is -0.384. The van der Waals surface area contributed by atoms with Crippen molar-refractivity contribution < 1.29 is 4.92 Å². The second-order valence-corrected chi connectivity index (χ2v) is 6.63. The first kappa shape index (κ1) is 18.6. The van der Waals surface area contributed by atoms with Crippen molar-refractivity contribution in [1.82, 2.24) is 9.78 Å². The van der Waals surface area contributed by atoms with Gasteiger partial charge in [-0.05, 0) is 42.5 Å². The Morgan fingerprint density at radius 2 is 1.93 bits per heavy atom. The van der Waals surface area contributed by atoms with Gasteiger partial charge >= 0.3 is 5.56 Å². The van der Waals surface area contributed by atoms with E-state index in [1.807, 2.05) is 6.07 Å². The standard InChI is InChI=1S/C16H11BrN6O3S/c17-10-2-1-3-11(8-10)19-20-14-13(21-22(15(14)24)16(18)27)9-4-6-12(7-5-9)23(25)26/h1-8,21H,(H2,18,27). The highest BCUT2D eigenvalue weighted by molar-refractivity contribution is 9.10. The van der Waals surface area contributed by atoms with Gasteiger partial charge in [-0.2, -0.15) is 9.80 Å². The van der Waals surface area contributed by atoms with Crippen LogP contribution in [0.3, 0.4) is 0 Å². The van der Waals surface area contributed by atoms with Crippen molar-refractivity contribution >= 4 is 50.3 Å². The molecule has 3 rings (SSSR count). The number of halogens is 1. The molecule has 0 aliphatic rings. The smallest absolute Gasteiger partial charge is 0.301 e. The normalized spacial score (nSPS) is 11.0. The summed E-state index contributed by atoms with van der Waals surface area (Å²) in [5.74, 6) is 0. The first-order chi connectivity index (χ1) is 12.9. The van der Waals surface area contributed by atoms with Gasteiger partial charge in [0.25, 0.3) is 5.69 Å². The number of nitrogens with zero attached hydrogens (tertiary/aromatic N) is 4. The fourth-order valence-electron chi connectivity index (χ4n) is 2.27. The van der Waals surface area contributed by atoms with Crippen LogP contribution in [0.4, 0.5) is 17.1 Å². The zero-order valence-corrected chi connectivity index (χ0v) is 15.9. The molecule has 2 aromatic carbocycles. The Bertz CT molecular complexity index is 1120. The predicted molar refractivity (Wildman–Crippen MR) is 108 cm³/mol. The van der Waals surface area contributed by atoms with Gasteiger partial charge in [0.2, 0.25) is 0 Å². The van der Waals surface area contributed by atoms with Crippen LogP contribution in [0.1, 0.15) is 0 Å². The van der Waals surface area contributed by atoms with E-state index in [9.17, 15) is 14.9 Å². The van der Waals surface area contributed by atoms with E-state index >= 15 is 0 Å². The number of non-ortho nitro benzene ring substituents is 1. The summed E-state index contributed by atoms with van der Waals surface area (Å²) < 4.78 is 1.77. The largest absolute Gasteiger partial charge is 0.374 e. The van der Waals surface area contributed by atoms with Gasteiger partial charge in [0.05, 0.1) is 16.3 Å². The Morgan fingerprint density at radius 1 is 1.22 bits per heavy atom. The third-order valence-electron chi connectivity index (χ3n) is 3.53. The molecule has 0 aliphatic carbocycles. The van der Waals surface area contributed by atoms with Crippen molar-refractivity contribution in [2.24, 2.45) is 16.0 Å². The van der Waals surface area contributed by atoms with Crippen molar-refractivity contribution in [2.45, 2.75) is 0 Å². The van der Waals surface area contributed by atoms with Crippen LogP contribution in [0.5, 0.6) is 0 Å². The third kappa shape index (κ3) is 3.99. The monoisotopic (exact) mass is 446 g/mol. The zero-order chi connectivity index (χ0) is 19.6. The van der Waals surface area contributed by atoms with Gasteiger partial charge in [0, 0.05) is 22.2 Å². The molecule has 11 heteroatoms. The van der Waals surface area contributed by atoms with E-state index < -0.39 is 10.5 Å². The number of nitrogens with one attached hydrogen (secondary N) is 1. The van der Waals surface area contributed by atoms with E-state index in [-0.39, 0.29) is 16.5 Å². The first-order valence-electron chi connectivity index (χ1n) is 7.44. The second kappa shape index (κ2) is 7.60. The van der Waals surface area contributed by atoms with Crippen molar-refractivity contribution in [3.63, 3.8) is 0 Å². The minimum atomic E-state index is -0.574. The lowest BCUT2D eigenvalue weighted by Crippen LogP contribution is -2.29. The van der Waals surface area contributed by atoms with Gasteiger partial charge in [-0.1, -0.05) is 22.0 Å². The average Bonchev–Trinajstić information content (AvgIpc) is 2.97. The van der Waals surface area contributed by atoms with Gasteiger partial charge in [-0.15, -0.1) is 5.11 Å². The van der Waals surface area contributed by atoms with Crippen LogP contribution < -0.4 is 11.3 Å². The van der Waals surface area contributed by atoms with Gasteiger partial charge in [-0.3, -0.25) is 20.0 Å². The maximum atomic E-state index is 12.6. The summed E-state index contributed by atoms with van der Waals surface area (Å²) in [6.45, 7) is 0. The molecular weight excluding hydrogens is 436 g/mol. The first-order valence-corrected chi connectivity index (χ1v) is 8.64. The number of nitro groups is 1. The minimum Gasteiger partial charge on any atom is -0.374 e. The van der Waals surface area contributed by atoms with Crippen LogP contribution in [-0.2, 0) is 0 Å². The highest BCUT2D eigenvalue weighted by atomic mass is 79.9. The van der Waals surface area contributed by atoms with Crippen LogP contribution in [-0.4, -0.2) is 19.8 Å². The summed E-state index contributed by atoms with van der Waals surface area (Å²) in [6, 6.07) is 12.7. The molecule has 3 aromatic rings. The molecule has 1 heterocycles. The van der Waals surface area contributed by atoms with E-state index in [1.54, 1.807) is 18.2 Å². The number of rotatable bonds is 4. The van der Waals surface area contributed by atoms with E-state index in [1.165, 1.54) is 24.3 Å². The van der Waals surface area contributed by atoms with Gasteiger partial charge in [0.15, 0.2) is 10.8 Å². The van der Waals surface area contributed by atoms with Gasteiger partial charge < -0.3 is 5.73 Å². The van der Waals surface area contributed by atoms with Gasteiger partial charge in [0.1, 0.15) is 0 Å². The SMILES string of the molecule is NC(=S)n1[nH]c(-c2ccc([N+](=O)[O-])cc2)c(N=Nc2cccc(Br)c2)c1=O. The maximum Gasteiger partial charge on any atom is 0.301 e. The number of azo groups is 1. The Labute approximate surface area is 165 Å². The zero-order valence-electron chi connectivity index (χ0n) is 13.5. The lowest BCUT2D eigenvalue weighted by atomic mass is 10.1. The number of hydrogen-bond donors (Lipinski definition) is 2. The number of aromatic nitrogens is 2. The lowest BCUT2D eigenvalue weighted by Gasteiger charge is -2.00. The topological polar surface area (TPSA) is 132 Å². The molecule has 0 atom stereocenters. The van der Waals surface area contributed by atoms with Crippen LogP contribution >= 0.6 is 28.1 Å². The maximum absolute atomic E-state index is 12.6. The summed E-state index contributed by atoms with van der Waals surface area (Å²) >= 11 is 8.20. The van der Waals surface area contributed by atoms with Crippen LogP contribution in [0.2, 0.25) is 0 Å². The third-order valence-corrected chi connectivity index (χ3v) is 4.20. The van der Waals surface area contributed by atoms with E-state index in [0.29, 0.717) is 16.9 Å². The summed E-state index contributed by atoms with van der Waals surface area (Å²) in [5, 5.41) is 21.5. The molecule has 0 bridgehead atoms. The van der Waals surface area contributed by atoms with Crippen molar-refractivity contribution in [3.05, 3.63) is 73.5 Å². The van der Waals surface area contributed by atoms with Crippen LogP contribution in [0.15, 0.2) is 68.0 Å². The summed E-state index contributed by atoms with van der Waals surface area (Å²) in [4.78, 5) is 22.9. The molecule has 0 spiro atoms. The fraction of sp³-hybridized carbons (Fsp3) is 0. The van der Waals surface area contributed by atoms with Crippen LogP contribution in [0.25, 0.3) is 11.3 Å². The summed E-state index contributed by atoms with van der Waals surface area (Å²) in [5.41, 5.74) is 6.21. The molecule has 0 fully saturated rings. The molecule has 3 N–H and O–H groups in total. The highest BCUT2D eigenvalue weighted by Crippen LogP contribution is 2.29. The minimum absolute atomic E-state index is 0.0170. The number of thiocarbonyl (C=S) groups is 1. The van der Waals surface area contributed by atoms with Crippen LogP contribution in [0, 0.1) is 10.1 Å². The molecule has 0 saturated heterocycles. The van der Waals surface area contributed by atoms with Crippen molar-refractivity contribution in [1.29, 1.82) is 0 Å². The molecular formula is C16H11BrN6O3S. The van der Waals surface area contributed by atoms with E-state index in [2.05, 4.69) is 31.3 Å². The number of nitro benzene ring substituents is 1. The average molecular weight is 447 g/mol. The molecule has 27 heavy (non-hydrogen) atoms. The Hall–Kier alpha value is -3.18. The molecule has 9 nitrogen and oxygen atoms in total. The Morgan fingerprint density at radius 3 is 2.52 bits per heavy atom. The molecule has 0 amide bonds.